The van der Waals surface area contributed by atoms with Gasteiger partial charge in [-0.05, 0) is 41.5 Å². The highest BCUT2D eigenvalue weighted by Gasteiger charge is 2.36. The van der Waals surface area contributed by atoms with Crippen molar-refractivity contribution in [3.05, 3.63) is 16.1 Å². The van der Waals surface area contributed by atoms with E-state index in [2.05, 4.69) is 4.98 Å². The van der Waals surface area contributed by atoms with Crippen LogP contribution in [0.2, 0.25) is 0 Å². The van der Waals surface area contributed by atoms with Gasteiger partial charge in [0.25, 0.3) is 0 Å². The monoisotopic (exact) mass is 241 g/mol. The molecule has 1 aromatic rings. The molecule has 0 amide bonds. The van der Waals surface area contributed by atoms with Gasteiger partial charge in [-0.1, -0.05) is 0 Å². The van der Waals surface area contributed by atoms with Gasteiger partial charge >= 0.3 is 5.97 Å². The fourth-order valence-electron chi connectivity index (χ4n) is 1.13. The minimum atomic E-state index is -0.674. The Kier molecular flexibility index (Phi) is 3.43. The van der Waals surface area contributed by atoms with Crippen molar-refractivity contribution in [2.75, 3.05) is 0 Å². The highest BCUT2D eigenvalue weighted by molar-refractivity contribution is 7.10. The van der Waals surface area contributed by atoms with E-state index in [0.29, 0.717) is 0 Å². The van der Waals surface area contributed by atoms with Crippen molar-refractivity contribution in [2.45, 2.75) is 52.6 Å². The molecule has 0 aromatic carbocycles. The number of aryl methyl sites for hydroxylation is 1. The molecule has 0 radical (unpaired) electrons. The smallest absolute Gasteiger partial charge is 0.318 e. The normalized spacial score (nSPS) is 12.6. The first-order chi connectivity index (χ1) is 7.13. The Labute approximate surface area is 101 Å². The van der Waals surface area contributed by atoms with Crippen molar-refractivity contribution in [1.82, 2.24) is 4.98 Å². The third kappa shape index (κ3) is 3.04. The second-order valence-corrected chi connectivity index (χ2v) is 6.28. The molecule has 0 unspecified atom stereocenters. The summed E-state index contributed by atoms with van der Waals surface area (Å²) in [4.78, 5) is 16.4. The molecule has 1 aromatic heterocycles. The van der Waals surface area contributed by atoms with Gasteiger partial charge in [0.05, 0.1) is 0 Å². The fraction of sp³-hybridized carbons (Fsp3) is 0.667. The van der Waals surface area contributed by atoms with Crippen LogP contribution in [0.3, 0.4) is 0 Å². The Hall–Kier alpha value is -0.900. The Morgan fingerprint density at radius 1 is 1.31 bits per heavy atom. The summed E-state index contributed by atoms with van der Waals surface area (Å²) in [5.74, 6) is -0.227. The lowest BCUT2D eigenvalue weighted by atomic mass is 9.94. The lowest BCUT2D eigenvalue weighted by molar-refractivity contribution is -0.160. The van der Waals surface area contributed by atoms with Crippen molar-refractivity contribution in [3.63, 3.8) is 0 Å². The van der Waals surface area contributed by atoms with Crippen LogP contribution in [0.25, 0.3) is 0 Å². The molecule has 1 rings (SSSR count). The van der Waals surface area contributed by atoms with Crippen molar-refractivity contribution >= 4 is 17.3 Å². The second kappa shape index (κ2) is 4.17. The van der Waals surface area contributed by atoms with Crippen LogP contribution in [0.5, 0.6) is 0 Å². The number of rotatable bonds is 2. The van der Waals surface area contributed by atoms with Crippen LogP contribution < -0.4 is 0 Å². The maximum atomic E-state index is 12.0. The van der Waals surface area contributed by atoms with Gasteiger partial charge in [0.1, 0.15) is 16.0 Å². The molecule has 16 heavy (non-hydrogen) atoms. The molecule has 0 saturated heterocycles. The van der Waals surface area contributed by atoms with E-state index in [-0.39, 0.29) is 5.97 Å². The van der Waals surface area contributed by atoms with Crippen molar-refractivity contribution in [1.29, 1.82) is 0 Å². The maximum Gasteiger partial charge on any atom is 0.318 e. The third-order valence-electron chi connectivity index (χ3n) is 2.06. The number of nitrogens with zero attached hydrogens (tertiary/aromatic N) is 1. The van der Waals surface area contributed by atoms with E-state index in [9.17, 15) is 4.79 Å². The van der Waals surface area contributed by atoms with Gasteiger partial charge in [-0.15, -0.1) is 11.3 Å². The summed E-state index contributed by atoms with van der Waals surface area (Å²) in [6, 6.07) is 0. The van der Waals surface area contributed by atoms with Crippen molar-refractivity contribution in [2.24, 2.45) is 0 Å². The average molecular weight is 241 g/mol. The van der Waals surface area contributed by atoms with E-state index in [1.54, 1.807) is 0 Å². The lowest BCUT2D eigenvalue weighted by Crippen LogP contribution is -2.36. The van der Waals surface area contributed by atoms with Gasteiger partial charge in [-0.3, -0.25) is 4.79 Å². The van der Waals surface area contributed by atoms with Crippen molar-refractivity contribution < 1.29 is 9.53 Å². The molecule has 0 aliphatic rings. The quantitative estimate of drug-likeness (QED) is 0.747. The SMILES string of the molecule is Cc1csc(C(C)(C)C(=O)OC(C)(C)C)n1. The van der Waals surface area contributed by atoms with Crippen LogP contribution in [0.4, 0.5) is 0 Å². The summed E-state index contributed by atoms with van der Waals surface area (Å²) in [7, 11) is 0. The molecule has 0 N–H and O–H groups in total. The molecule has 0 spiro atoms. The third-order valence-corrected chi connectivity index (χ3v) is 3.35. The minimum Gasteiger partial charge on any atom is -0.459 e. The number of esters is 1. The van der Waals surface area contributed by atoms with E-state index >= 15 is 0 Å². The molecule has 0 atom stereocenters. The summed E-state index contributed by atoms with van der Waals surface area (Å²) in [6.45, 7) is 11.2. The highest BCUT2D eigenvalue weighted by Crippen LogP contribution is 2.29. The lowest BCUT2D eigenvalue weighted by Gasteiger charge is -2.26. The molecule has 0 aliphatic carbocycles. The number of aromatic nitrogens is 1. The fourth-order valence-corrected chi connectivity index (χ4v) is 2.04. The van der Waals surface area contributed by atoms with Crippen LogP contribution in [0.15, 0.2) is 5.38 Å². The average Bonchev–Trinajstić information content (AvgIpc) is 2.48. The van der Waals surface area contributed by atoms with E-state index in [4.69, 9.17) is 4.74 Å². The van der Waals surface area contributed by atoms with E-state index in [1.807, 2.05) is 46.9 Å². The summed E-state index contributed by atoms with van der Waals surface area (Å²) in [6.07, 6.45) is 0. The Morgan fingerprint density at radius 3 is 2.25 bits per heavy atom. The molecule has 90 valence electrons. The summed E-state index contributed by atoms with van der Waals surface area (Å²) in [5, 5.41) is 2.75. The predicted molar refractivity (Wildman–Crippen MR) is 65.7 cm³/mol. The Balaban J connectivity index is 2.90. The summed E-state index contributed by atoms with van der Waals surface area (Å²) < 4.78 is 5.39. The molecular weight excluding hydrogens is 222 g/mol. The number of carbonyl (C=O) groups is 1. The Morgan fingerprint density at radius 2 is 1.88 bits per heavy atom. The van der Waals surface area contributed by atoms with Gasteiger partial charge in [0.15, 0.2) is 0 Å². The van der Waals surface area contributed by atoms with Crippen LogP contribution in [0, 0.1) is 6.92 Å². The maximum absolute atomic E-state index is 12.0. The van der Waals surface area contributed by atoms with Gasteiger partial charge in [-0.2, -0.15) is 0 Å². The number of hydrogen-bond donors (Lipinski definition) is 0. The molecular formula is C12H19NO2S. The first kappa shape index (κ1) is 13.2. The van der Waals surface area contributed by atoms with Crippen LogP contribution in [-0.2, 0) is 14.9 Å². The van der Waals surface area contributed by atoms with Crippen LogP contribution >= 0.6 is 11.3 Å². The summed E-state index contributed by atoms with van der Waals surface area (Å²) in [5.41, 5.74) is -0.191. The van der Waals surface area contributed by atoms with E-state index < -0.39 is 11.0 Å². The van der Waals surface area contributed by atoms with Gasteiger partial charge < -0.3 is 4.74 Å². The molecule has 0 saturated carbocycles. The zero-order chi connectivity index (χ0) is 12.6. The zero-order valence-corrected chi connectivity index (χ0v) is 11.6. The molecule has 0 bridgehead atoms. The Bertz CT molecular complexity index is 388. The van der Waals surface area contributed by atoms with Crippen LogP contribution in [0.1, 0.15) is 45.3 Å². The standard InChI is InChI=1S/C12H19NO2S/c1-8-7-16-9(13-8)12(5,6)10(14)15-11(2,3)4/h7H,1-6H3. The van der Waals surface area contributed by atoms with E-state index in [1.165, 1.54) is 11.3 Å². The van der Waals surface area contributed by atoms with Gasteiger partial charge in [0, 0.05) is 11.1 Å². The minimum absolute atomic E-state index is 0.227. The second-order valence-electron chi connectivity index (χ2n) is 5.42. The van der Waals surface area contributed by atoms with Crippen LogP contribution in [-0.4, -0.2) is 16.6 Å². The largest absolute Gasteiger partial charge is 0.459 e. The first-order valence-electron chi connectivity index (χ1n) is 5.29. The zero-order valence-electron chi connectivity index (χ0n) is 10.7. The topological polar surface area (TPSA) is 39.2 Å². The molecule has 4 heteroatoms. The number of ether oxygens (including phenoxy) is 1. The first-order valence-corrected chi connectivity index (χ1v) is 6.17. The van der Waals surface area contributed by atoms with E-state index in [0.717, 1.165) is 10.7 Å². The van der Waals surface area contributed by atoms with Gasteiger partial charge in [0.2, 0.25) is 0 Å². The highest BCUT2D eigenvalue weighted by atomic mass is 32.1. The van der Waals surface area contributed by atoms with Crippen molar-refractivity contribution in [3.8, 4) is 0 Å². The molecule has 0 aliphatic heterocycles. The predicted octanol–water partition coefficient (Wildman–Crippen LogP) is 3.07. The molecule has 0 fully saturated rings. The summed E-state index contributed by atoms with van der Waals surface area (Å²) >= 11 is 1.50. The number of carbonyl (C=O) groups excluding carboxylic acids is 1. The number of thiazole rings is 1. The molecule has 1 heterocycles. The number of hydrogen-bond acceptors (Lipinski definition) is 4. The van der Waals surface area contributed by atoms with Gasteiger partial charge in [-0.25, -0.2) is 4.98 Å². The molecule has 3 nitrogen and oxygen atoms in total.